The van der Waals surface area contributed by atoms with Gasteiger partial charge in [-0.15, -0.1) is 0 Å². The number of benzene rings is 1. The van der Waals surface area contributed by atoms with Crippen LogP contribution < -0.4 is 15.5 Å². The number of para-hydroxylation sites is 1. The molecule has 0 aliphatic carbocycles. The van der Waals surface area contributed by atoms with Gasteiger partial charge in [-0.2, -0.15) is 0 Å². The fourth-order valence-corrected chi connectivity index (χ4v) is 3.34. The van der Waals surface area contributed by atoms with Crippen LogP contribution in [0.3, 0.4) is 0 Å². The molecule has 0 unspecified atom stereocenters. The summed E-state index contributed by atoms with van der Waals surface area (Å²) in [5.41, 5.74) is 2.19. The van der Waals surface area contributed by atoms with E-state index in [9.17, 15) is 9.59 Å². The molecule has 3 rings (SSSR count). The third-order valence-electron chi connectivity index (χ3n) is 4.99. The van der Waals surface area contributed by atoms with Crippen LogP contribution >= 0.6 is 0 Å². The molecule has 7 heteroatoms. The van der Waals surface area contributed by atoms with Crippen molar-refractivity contribution in [3.8, 4) is 0 Å². The van der Waals surface area contributed by atoms with Gasteiger partial charge in [-0.25, -0.2) is 4.79 Å². The van der Waals surface area contributed by atoms with E-state index >= 15 is 0 Å². The van der Waals surface area contributed by atoms with Crippen molar-refractivity contribution in [2.75, 3.05) is 38.2 Å². The molecule has 27 heavy (non-hydrogen) atoms. The van der Waals surface area contributed by atoms with Gasteiger partial charge in [-0.3, -0.25) is 9.78 Å². The number of hydrogen-bond donors (Lipinski definition) is 2. The molecule has 1 fully saturated rings. The zero-order valence-corrected chi connectivity index (χ0v) is 15.6. The highest BCUT2D eigenvalue weighted by atomic mass is 16.6. The van der Waals surface area contributed by atoms with E-state index in [4.69, 9.17) is 4.74 Å². The summed E-state index contributed by atoms with van der Waals surface area (Å²) in [5, 5.41) is 6.27. The number of piperidine rings is 1. The Labute approximate surface area is 159 Å². The zero-order valence-electron chi connectivity index (χ0n) is 15.6. The summed E-state index contributed by atoms with van der Waals surface area (Å²) in [6.45, 7) is 2.30. The standard InChI is InChI=1S/C20H26N4O3/c1-21-19(25)14-27-20(26)22-9-6-15-7-10-24(11-8-15)17-12-16-4-2-3-5-18(16)23-13-17/h2-5,12-13,15H,6-11,14H2,1H3,(H,21,25)(H,22,26). The van der Waals surface area contributed by atoms with Crippen LogP contribution in [0.1, 0.15) is 19.3 Å². The molecule has 144 valence electrons. The molecule has 2 N–H and O–H groups in total. The summed E-state index contributed by atoms with van der Waals surface area (Å²) in [7, 11) is 1.50. The molecular formula is C20H26N4O3. The van der Waals surface area contributed by atoms with Crippen molar-refractivity contribution in [2.24, 2.45) is 5.92 Å². The van der Waals surface area contributed by atoms with Crippen LogP contribution in [-0.4, -0.2) is 50.3 Å². The maximum absolute atomic E-state index is 11.5. The third kappa shape index (κ3) is 5.32. The molecule has 2 aromatic rings. The topological polar surface area (TPSA) is 83.6 Å². The van der Waals surface area contributed by atoms with Gasteiger partial charge in [0.25, 0.3) is 5.91 Å². The smallest absolute Gasteiger partial charge is 0.407 e. The lowest BCUT2D eigenvalue weighted by atomic mass is 9.93. The number of anilines is 1. The largest absolute Gasteiger partial charge is 0.439 e. The van der Waals surface area contributed by atoms with Crippen molar-refractivity contribution < 1.29 is 14.3 Å². The quantitative estimate of drug-likeness (QED) is 0.815. The van der Waals surface area contributed by atoms with Crippen LogP contribution in [0.25, 0.3) is 10.9 Å². The lowest BCUT2D eigenvalue weighted by Gasteiger charge is -2.33. The number of fused-ring (bicyclic) bond motifs is 1. The average molecular weight is 370 g/mol. The number of rotatable bonds is 6. The fourth-order valence-electron chi connectivity index (χ4n) is 3.34. The van der Waals surface area contributed by atoms with E-state index in [1.807, 2.05) is 24.4 Å². The van der Waals surface area contributed by atoms with Gasteiger partial charge < -0.3 is 20.3 Å². The van der Waals surface area contributed by atoms with Crippen LogP contribution in [0.4, 0.5) is 10.5 Å². The first-order valence-electron chi connectivity index (χ1n) is 9.36. The number of alkyl carbamates (subject to hydrolysis) is 1. The van der Waals surface area contributed by atoms with Gasteiger partial charge in [0, 0.05) is 32.1 Å². The van der Waals surface area contributed by atoms with Gasteiger partial charge in [0.1, 0.15) is 0 Å². The van der Waals surface area contributed by atoms with E-state index in [0.717, 1.165) is 43.3 Å². The number of nitrogens with one attached hydrogen (secondary N) is 2. The highest BCUT2D eigenvalue weighted by Crippen LogP contribution is 2.26. The van der Waals surface area contributed by atoms with E-state index in [0.29, 0.717) is 12.5 Å². The molecule has 0 saturated carbocycles. The number of hydrogen-bond acceptors (Lipinski definition) is 5. The molecule has 0 radical (unpaired) electrons. The lowest BCUT2D eigenvalue weighted by Crippen LogP contribution is -2.36. The molecule has 1 saturated heterocycles. The molecule has 1 aromatic heterocycles. The molecule has 0 bridgehead atoms. The van der Waals surface area contributed by atoms with Crippen molar-refractivity contribution >= 4 is 28.6 Å². The molecule has 2 amide bonds. The van der Waals surface area contributed by atoms with Crippen LogP contribution in [0.5, 0.6) is 0 Å². The predicted molar refractivity (Wildman–Crippen MR) is 105 cm³/mol. The van der Waals surface area contributed by atoms with Gasteiger partial charge in [0.05, 0.1) is 17.4 Å². The highest BCUT2D eigenvalue weighted by Gasteiger charge is 2.20. The van der Waals surface area contributed by atoms with Gasteiger partial charge in [-0.05, 0) is 37.3 Å². The number of pyridine rings is 1. The van der Waals surface area contributed by atoms with E-state index in [1.165, 1.54) is 12.7 Å². The molecule has 1 aliphatic rings. The summed E-state index contributed by atoms with van der Waals surface area (Å²) >= 11 is 0. The number of aromatic nitrogens is 1. The molecule has 7 nitrogen and oxygen atoms in total. The number of nitrogens with zero attached hydrogens (tertiary/aromatic N) is 2. The Balaban J connectivity index is 1.39. The second kappa shape index (κ2) is 9.21. The molecule has 1 aromatic carbocycles. The fraction of sp³-hybridized carbons (Fsp3) is 0.450. The number of ether oxygens (including phenoxy) is 1. The van der Waals surface area contributed by atoms with Crippen molar-refractivity contribution in [2.45, 2.75) is 19.3 Å². The van der Waals surface area contributed by atoms with Gasteiger partial charge in [0.15, 0.2) is 6.61 Å². The van der Waals surface area contributed by atoms with Crippen LogP contribution in [0.2, 0.25) is 0 Å². The van der Waals surface area contributed by atoms with Crippen molar-refractivity contribution in [1.82, 2.24) is 15.6 Å². The number of carbonyl (C=O) groups excluding carboxylic acids is 2. The number of likely N-dealkylation sites (N-methyl/N-ethyl adjacent to an activating group) is 1. The number of amides is 2. The summed E-state index contributed by atoms with van der Waals surface area (Å²) < 4.78 is 4.82. The Hall–Kier alpha value is -2.83. The summed E-state index contributed by atoms with van der Waals surface area (Å²) in [6, 6.07) is 10.4. The third-order valence-corrected chi connectivity index (χ3v) is 4.99. The van der Waals surface area contributed by atoms with Crippen LogP contribution in [0.15, 0.2) is 36.5 Å². The van der Waals surface area contributed by atoms with E-state index in [2.05, 4.69) is 32.7 Å². The molecule has 0 atom stereocenters. The van der Waals surface area contributed by atoms with E-state index in [-0.39, 0.29) is 12.5 Å². The first-order chi connectivity index (χ1) is 13.2. The van der Waals surface area contributed by atoms with Crippen molar-refractivity contribution in [3.63, 3.8) is 0 Å². The highest BCUT2D eigenvalue weighted by molar-refractivity contribution is 5.81. The maximum Gasteiger partial charge on any atom is 0.407 e. The minimum absolute atomic E-state index is 0.249. The van der Waals surface area contributed by atoms with Crippen LogP contribution in [-0.2, 0) is 9.53 Å². The first-order valence-corrected chi connectivity index (χ1v) is 9.36. The molecule has 2 heterocycles. The minimum atomic E-state index is -0.543. The lowest BCUT2D eigenvalue weighted by molar-refractivity contribution is -0.123. The van der Waals surface area contributed by atoms with Gasteiger partial charge in [-0.1, -0.05) is 18.2 Å². The normalized spacial score (nSPS) is 14.8. The first kappa shape index (κ1) is 18.9. The second-order valence-corrected chi connectivity index (χ2v) is 6.78. The van der Waals surface area contributed by atoms with Gasteiger partial charge >= 0.3 is 6.09 Å². The summed E-state index contributed by atoms with van der Waals surface area (Å²) in [4.78, 5) is 29.5. The molecular weight excluding hydrogens is 344 g/mol. The Morgan fingerprint density at radius 3 is 2.81 bits per heavy atom. The molecule has 1 aliphatic heterocycles. The second-order valence-electron chi connectivity index (χ2n) is 6.78. The van der Waals surface area contributed by atoms with Crippen molar-refractivity contribution in [1.29, 1.82) is 0 Å². The Morgan fingerprint density at radius 1 is 1.26 bits per heavy atom. The van der Waals surface area contributed by atoms with Crippen LogP contribution in [0, 0.1) is 5.92 Å². The monoisotopic (exact) mass is 370 g/mol. The predicted octanol–water partition coefficient (Wildman–Crippen LogP) is 2.31. The van der Waals surface area contributed by atoms with E-state index < -0.39 is 6.09 Å². The molecule has 0 spiro atoms. The Bertz CT molecular complexity index is 788. The van der Waals surface area contributed by atoms with Gasteiger partial charge in [0.2, 0.25) is 0 Å². The average Bonchev–Trinajstić information content (AvgIpc) is 2.72. The van der Waals surface area contributed by atoms with Crippen molar-refractivity contribution in [3.05, 3.63) is 36.5 Å². The minimum Gasteiger partial charge on any atom is -0.439 e. The summed E-state index contributed by atoms with van der Waals surface area (Å²) in [5.74, 6) is 0.259. The maximum atomic E-state index is 11.5. The SMILES string of the molecule is CNC(=O)COC(=O)NCCC1CCN(c2cnc3ccccc3c2)CC1. The Kier molecular flexibility index (Phi) is 6.46. The number of carbonyl (C=O) groups is 2. The van der Waals surface area contributed by atoms with E-state index in [1.54, 1.807) is 0 Å². The Morgan fingerprint density at radius 2 is 2.04 bits per heavy atom. The summed E-state index contributed by atoms with van der Waals surface area (Å²) in [6.07, 6.45) is 4.49. The zero-order chi connectivity index (χ0) is 19.1.